The molecule has 0 heterocycles. The minimum absolute atomic E-state index is 1.06. The Morgan fingerprint density at radius 1 is 0.818 bits per heavy atom. The molecule has 2 rings (SSSR count). The Balaban J connectivity index is 1.73. The molecular formula is C10H19B. The lowest BCUT2D eigenvalue weighted by Crippen LogP contribution is -2.31. The van der Waals surface area contributed by atoms with Gasteiger partial charge in [-0.25, -0.2) is 0 Å². The van der Waals surface area contributed by atoms with E-state index in [0.717, 1.165) is 23.5 Å². The molecule has 0 radical (unpaired) electrons. The third-order valence-corrected chi connectivity index (χ3v) is 4.20. The number of hydrogen-bond acceptors (Lipinski definition) is 0. The summed E-state index contributed by atoms with van der Waals surface area (Å²) in [6, 6.07) is 0. The van der Waals surface area contributed by atoms with Gasteiger partial charge in [0, 0.05) is 0 Å². The molecule has 2 aliphatic carbocycles. The fraction of sp³-hybridized carbons (Fsp3) is 1.00. The highest BCUT2D eigenvalue weighted by Gasteiger charge is 2.35. The van der Waals surface area contributed by atoms with E-state index in [1.165, 1.54) is 25.7 Å². The van der Waals surface area contributed by atoms with Gasteiger partial charge >= 0.3 is 0 Å². The van der Waals surface area contributed by atoms with Gasteiger partial charge in [0.15, 0.2) is 0 Å². The van der Waals surface area contributed by atoms with Gasteiger partial charge in [-0.3, -0.25) is 0 Å². The van der Waals surface area contributed by atoms with Crippen molar-refractivity contribution in [2.45, 2.75) is 51.2 Å². The molecule has 2 fully saturated rings. The Labute approximate surface area is 71.0 Å². The summed E-state index contributed by atoms with van der Waals surface area (Å²) in [4.78, 5) is 0. The Hall–Kier alpha value is 0.0649. The van der Waals surface area contributed by atoms with Gasteiger partial charge < -0.3 is 0 Å². The Bertz CT molecular complexity index is 128. The largest absolute Gasteiger partial charge is 0.128 e. The second kappa shape index (κ2) is 2.84. The molecule has 1 heteroatoms. The third kappa shape index (κ3) is 1.34. The topological polar surface area (TPSA) is 0 Å². The van der Waals surface area contributed by atoms with E-state index < -0.39 is 0 Å². The summed E-state index contributed by atoms with van der Waals surface area (Å²) in [6.07, 6.45) is 6.08. The van der Waals surface area contributed by atoms with E-state index in [2.05, 4.69) is 13.8 Å². The molecule has 2 saturated carbocycles. The monoisotopic (exact) mass is 150 g/mol. The predicted octanol–water partition coefficient (Wildman–Crippen LogP) is 2.86. The van der Waals surface area contributed by atoms with Gasteiger partial charge in [-0.05, 0) is 11.8 Å². The zero-order chi connectivity index (χ0) is 7.84. The zero-order valence-corrected chi connectivity index (χ0v) is 7.84. The van der Waals surface area contributed by atoms with E-state index in [9.17, 15) is 0 Å². The molecule has 4 unspecified atom stereocenters. The lowest BCUT2D eigenvalue weighted by molar-refractivity contribution is 0.306. The van der Waals surface area contributed by atoms with Crippen molar-refractivity contribution in [3.63, 3.8) is 0 Å². The summed E-state index contributed by atoms with van der Waals surface area (Å²) >= 11 is 0. The lowest BCUT2D eigenvalue weighted by atomic mass is 9.39. The van der Waals surface area contributed by atoms with Crippen LogP contribution in [0.5, 0.6) is 0 Å². The van der Waals surface area contributed by atoms with Crippen molar-refractivity contribution < 1.29 is 0 Å². The summed E-state index contributed by atoms with van der Waals surface area (Å²) in [7, 11) is 1.56. The van der Waals surface area contributed by atoms with Crippen molar-refractivity contribution in [1.29, 1.82) is 0 Å². The molecular weight excluding hydrogens is 131 g/mol. The first-order valence-corrected chi connectivity index (χ1v) is 5.27. The van der Waals surface area contributed by atoms with Crippen molar-refractivity contribution >= 4 is 7.28 Å². The molecule has 62 valence electrons. The van der Waals surface area contributed by atoms with E-state index >= 15 is 0 Å². The summed E-state index contributed by atoms with van der Waals surface area (Å²) in [5, 5.41) is 0. The molecule has 0 N–H and O–H groups in total. The molecule has 0 spiro atoms. The summed E-state index contributed by atoms with van der Waals surface area (Å²) in [5.41, 5.74) is 0. The van der Waals surface area contributed by atoms with Crippen LogP contribution in [0.25, 0.3) is 0 Å². The standard InChI is InChI=1S/C10H19B/c1-7-3-5-9(7)11-10-6-4-8(10)2/h7-11H,3-6H2,1-2H3. The van der Waals surface area contributed by atoms with Crippen LogP contribution in [-0.4, -0.2) is 7.28 Å². The molecule has 0 aromatic carbocycles. The Kier molecular flexibility index (Phi) is 1.99. The highest BCUT2D eigenvalue weighted by molar-refractivity contribution is 6.40. The van der Waals surface area contributed by atoms with Crippen LogP contribution >= 0.6 is 0 Å². The van der Waals surface area contributed by atoms with Gasteiger partial charge in [-0.15, -0.1) is 0 Å². The normalized spacial score (nSPS) is 49.3. The second-order valence-electron chi connectivity index (χ2n) is 4.87. The number of rotatable bonds is 2. The second-order valence-corrected chi connectivity index (χ2v) is 4.87. The van der Waals surface area contributed by atoms with E-state index in [1.54, 1.807) is 7.28 Å². The SMILES string of the molecule is CC1CCC1BC1CCC1C. The van der Waals surface area contributed by atoms with Gasteiger partial charge in [0.2, 0.25) is 0 Å². The van der Waals surface area contributed by atoms with Gasteiger partial charge in [0.25, 0.3) is 0 Å². The summed E-state index contributed by atoms with van der Waals surface area (Å²) in [6.45, 7) is 4.86. The number of hydrogen-bond donors (Lipinski definition) is 0. The van der Waals surface area contributed by atoms with Crippen LogP contribution in [0.15, 0.2) is 0 Å². The molecule has 4 atom stereocenters. The minimum Gasteiger partial charge on any atom is -0.0629 e. The van der Waals surface area contributed by atoms with Crippen LogP contribution in [0.3, 0.4) is 0 Å². The van der Waals surface area contributed by atoms with Crippen LogP contribution in [0, 0.1) is 11.8 Å². The van der Waals surface area contributed by atoms with Crippen LogP contribution in [-0.2, 0) is 0 Å². The molecule has 0 nitrogen and oxygen atoms in total. The highest BCUT2D eigenvalue weighted by Crippen LogP contribution is 2.47. The molecule has 2 aliphatic rings. The fourth-order valence-corrected chi connectivity index (χ4v) is 2.56. The highest BCUT2D eigenvalue weighted by atomic mass is 14.3. The van der Waals surface area contributed by atoms with E-state index in [1.807, 2.05) is 0 Å². The maximum Gasteiger partial charge on any atom is 0.128 e. The minimum atomic E-state index is 1.06. The fourth-order valence-electron chi connectivity index (χ4n) is 2.56. The molecule has 0 aliphatic heterocycles. The average Bonchev–Trinajstić information content (AvgIpc) is 1.99. The van der Waals surface area contributed by atoms with Crippen LogP contribution < -0.4 is 0 Å². The van der Waals surface area contributed by atoms with Crippen molar-refractivity contribution in [2.24, 2.45) is 11.8 Å². The van der Waals surface area contributed by atoms with Gasteiger partial charge in [-0.2, -0.15) is 0 Å². The lowest BCUT2D eigenvalue weighted by Gasteiger charge is -2.41. The van der Waals surface area contributed by atoms with Crippen LogP contribution in [0.4, 0.5) is 0 Å². The molecule has 11 heavy (non-hydrogen) atoms. The van der Waals surface area contributed by atoms with Crippen LogP contribution in [0.1, 0.15) is 39.5 Å². The van der Waals surface area contributed by atoms with E-state index in [-0.39, 0.29) is 0 Å². The molecule has 0 amide bonds. The smallest absolute Gasteiger partial charge is 0.0629 e. The van der Waals surface area contributed by atoms with Crippen molar-refractivity contribution in [2.75, 3.05) is 0 Å². The zero-order valence-electron chi connectivity index (χ0n) is 7.84. The maximum atomic E-state index is 2.43. The first-order valence-electron chi connectivity index (χ1n) is 5.27. The van der Waals surface area contributed by atoms with Gasteiger partial charge in [0.1, 0.15) is 7.28 Å². The molecule has 0 bridgehead atoms. The van der Waals surface area contributed by atoms with Gasteiger partial charge in [0.05, 0.1) is 0 Å². The molecule has 0 aromatic heterocycles. The van der Waals surface area contributed by atoms with Crippen molar-refractivity contribution in [3.05, 3.63) is 0 Å². The first-order chi connectivity index (χ1) is 5.27. The maximum absolute atomic E-state index is 2.43. The van der Waals surface area contributed by atoms with E-state index in [0.29, 0.717) is 0 Å². The quantitative estimate of drug-likeness (QED) is 0.531. The van der Waals surface area contributed by atoms with Gasteiger partial charge in [-0.1, -0.05) is 51.2 Å². The predicted molar refractivity (Wildman–Crippen MR) is 51.4 cm³/mol. The Morgan fingerprint density at radius 2 is 1.27 bits per heavy atom. The summed E-state index contributed by atoms with van der Waals surface area (Å²) in [5.74, 6) is 4.34. The third-order valence-electron chi connectivity index (χ3n) is 4.20. The van der Waals surface area contributed by atoms with Crippen molar-refractivity contribution in [1.82, 2.24) is 0 Å². The molecule has 0 saturated heterocycles. The summed E-state index contributed by atoms with van der Waals surface area (Å²) < 4.78 is 0. The molecule has 0 aromatic rings. The Morgan fingerprint density at radius 3 is 1.45 bits per heavy atom. The van der Waals surface area contributed by atoms with Crippen LogP contribution in [0.2, 0.25) is 11.6 Å². The van der Waals surface area contributed by atoms with E-state index in [4.69, 9.17) is 0 Å². The van der Waals surface area contributed by atoms with Crippen molar-refractivity contribution in [3.8, 4) is 0 Å². The average molecular weight is 150 g/mol. The first kappa shape index (κ1) is 7.70.